The summed E-state index contributed by atoms with van der Waals surface area (Å²) in [6.45, 7) is 0. The fraction of sp³-hybridized carbons (Fsp3) is 0.125. The molecule has 0 bridgehead atoms. The van der Waals surface area contributed by atoms with Crippen molar-refractivity contribution in [3.05, 3.63) is 29.8 Å². The van der Waals surface area contributed by atoms with E-state index in [4.69, 9.17) is 5.11 Å². The highest BCUT2D eigenvalue weighted by Gasteiger charge is 1.97. The van der Waals surface area contributed by atoms with Gasteiger partial charge in [0.1, 0.15) is 0 Å². The summed E-state index contributed by atoms with van der Waals surface area (Å²) in [5, 5.41) is 10.7. The number of hydrogen-bond acceptors (Lipinski definition) is 1. The Morgan fingerprint density at radius 1 is 1.58 bits per heavy atom. The number of halogens is 1. The molecule has 0 aliphatic heterocycles. The molecule has 3 nitrogen and oxygen atoms in total. The zero-order valence-corrected chi connectivity index (χ0v) is 8.41. The van der Waals surface area contributed by atoms with Gasteiger partial charge < -0.3 is 5.11 Å². The molecule has 4 heteroatoms. The van der Waals surface area contributed by atoms with Crippen molar-refractivity contribution in [1.82, 2.24) is 0 Å². The lowest BCUT2D eigenvalue weighted by molar-refractivity contribution is 0.210. The number of nitrogens with one attached hydrogen (secondary N) is 1. The lowest BCUT2D eigenvalue weighted by atomic mass is 10.2. The van der Waals surface area contributed by atoms with Gasteiger partial charge >= 0.3 is 6.09 Å². The Kier molecular flexibility index (Phi) is 3.33. The number of benzene rings is 1. The summed E-state index contributed by atoms with van der Waals surface area (Å²) in [4.78, 5) is 10.3. The van der Waals surface area contributed by atoms with Gasteiger partial charge in [0.05, 0.1) is 0 Å². The van der Waals surface area contributed by atoms with Gasteiger partial charge in [0.25, 0.3) is 0 Å². The van der Waals surface area contributed by atoms with Crippen molar-refractivity contribution in [3.8, 4) is 0 Å². The first-order valence-electron chi connectivity index (χ1n) is 3.37. The number of carboxylic acid groups (broad SMARTS) is 1. The van der Waals surface area contributed by atoms with E-state index in [2.05, 4.69) is 27.9 Å². The van der Waals surface area contributed by atoms with Crippen molar-refractivity contribution < 1.29 is 9.90 Å². The fourth-order valence-electron chi connectivity index (χ4n) is 0.856. The predicted octanol–water partition coefficient (Wildman–Crippen LogP) is 2.71. The summed E-state index contributed by atoms with van der Waals surface area (Å²) in [5.41, 5.74) is 1.73. The second-order valence-electron chi connectivity index (χ2n) is 2.26. The second-order valence-corrected chi connectivity index (χ2v) is 3.03. The normalized spacial score (nSPS) is 9.42. The van der Waals surface area contributed by atoms with Crippen LogP contribution in [0.1, 0.15) is 5.56 Å². The fourth-order valence-corrected chi connectivity index (χ4v) is 1.33. The van der Waals surface area contributed by atoms with Gasteiger partial charge in [0.15, 0.2) is 0 Å². The predicted molar refractivity (Wildman–Crippen MR) is 55.8 cm³/mol. The molecular weight excluding hydrogens is 269 g/mol. The molecule has 0 spiro atoms. The standard InChI is InChI=1S/C8H8INO2/c9-5-6-2-1-3-7(4-6)10-8(11)12/h1-4,10H,5H2,(H,11,12). The lowest BCUT2D eigenvalue weighted by Gasteiger charge is -2.01. The van der Waals surface area contributed by atoms with Gasteiger partial charge in [0.2, 0.25) is 0 Å². The van der Waals surface area contributed by atoms with Crippen LogP contribution in [-0.2, 0) is 4.43 Å². The molecule has 1 rings (SSSR count). The first-order valence-corrected chi connectivity index (χ1v) is 4.90. The van der Waals surface area contributed by atoms with Crippen LogP contribution < -0.4 is 5.32 Å². The molecule has 0 unspecified atom stereocenters. The van der Waals surface area contributed by atoms with Gasteiger partial charge in [-0.15, -0.1) is 0 Å². The van der Waals surface area contributed by atoms with Crippen LogP contribution in [0.3, 0.4) is 0 Å². The summed E-state index contributed by atoms with van der Waals surface area (Å²) in [6, 6.07) is 7.34. The molecule has 0 saturated carbocycles. The average molecular weight is 277 g/mol. The summed E-state index contributed by atoms with van der Waals surface area (Å²) >= 11 is 2.23. The topological polar surface area (TPSA) is 49.3 Å². The van der Waals surface area contributed by atoms with Crippen molar-refractivity contribution in [2.45, 2.75) is 4.43 Å². The van der Waals surface area contributed by atoms with Crippen molar-refractivity contribution in [1.29, 1.82) is 0 Å². The molecule has 0 radical (unpaired) electrons. The Morgan fingerprint density at radius 2 is 2.33 bits per heavy atom. The van der Waals surface area contributed by atoms with E-state index in [9.17, 15) is 4.79 Å². The number of amides is 1. The van der Waals surface area contributed by atoms with Crippen molar-refractivity contribution in [2.24, 2.45) is 0 Å². The molecule has 64 valence electrons. The maximum atomic E-state index is 10.3. The van der Waals surface area contributed by atoms with Gasteiger partial charge in [-0.05, 0) is 17.7 Å². The van der Waals surface area contributed by atoms with E-state index in [0.717, 1.165) is 9.99 Å². The van der Waals surface area contributed by atoms with Crippen LogP contribution in [0.4, 0.5) is 10.5 Å². The van der Waals surface area contributed by atoms with Crippen molar-refractivity contribution in [3.63, 3.8) is 0 Å². The van der Waals surface area contributed by atoms with E-state index in [1.807, 2.05) is 18.2 Å². The average Bonchev–Trinajstić information content (AvgIpc) is 2.03. The summed E-state index contributed by atoms with van der Waals surface area (Å²) in [7, 11) is 0. The molecule has 1 aromatic rings. The third-order valence-corrected chi connectivity index (χ3v) is 2.21. The van der Waals surface area contributed by atoms with E-state index >= 15 is 0 Å². The van der Waals surface area contributed by atoms with Gasteiger partial charge in [-0.1, -0.05) is 34.7 Å². The Morgan fingerprint density at radius 3 is 2.92 bits per heavy atom. The molecule has 0 heterocycles. The third-order valence-electron chi connectivity index (χ3n) is 1.33. The number of rotatable bonds is 2. The Balaban J connectivity index is 2.79. The Hall–Kier alpha value is -0.780. The Labute approximate surface area is 83.9 Å². The molecule has 0 aromatic heterocycles. The van der Waals surface area contributed by atoms with Gasteiger partial charge in [-0.25, -0.2) is 4.79 Å². The molecule has 2 N–H and O–H groups in total. The SMILES string of the molecule is O=C(O)Nc1cccc(CI)c1. The van der Waals surface area contributed by atoms with Crippen molar-refractivity contribution in [2.75, 3.05) is 5.32 Å². The van der Waals surface area contributed by atoms with E-state index < -0.39 is 6.09 Å². The molecular formula is C8H8INO2. The van der Waals surface area contributed by atoms with E-state index in [1.54, 1.807) is 6.07 Å². The number of anilines is 1. The van der Waals surface area contributed by atoms with E-state index in [-0.39, 0.29) is 0 Å². The largest absolute Gasteiger partial charge is 0.465 e. The minimum absolute atomic E-state index is 0.622. The minimum Gasteiger partial charge on any atom is -0.465 e. The molecule has 0 saturated heterocycles. The number of carbonyl (C=O) groups is 1. The molecule has 0 aliphatic rings. The summed E-state index contributed by atoms with van der Waals surface area (Å²) in [6.07, 6.45) is -1.03. The third kappa shape index (κ3) is 2.69. The monoisotopic (exact) mass is 277 g/mol. The highest BCUT2D eigenvalue weighted by Crippen LogP contribution is 2.12. The maximum Gasteiger partial charge on any atom is 0.409 e. The first-order chi connectivity index (χ1) is 5.72. The molecule has 1 aromatic carbocycles. The highest BCUT2D eigenvalue weighted by molar-refractivity contribution is 14.1. The zero-order valence-electron chi connectivity index (χ0n) is 6.25. The highest BCUT2D eigenvalue weighted by atomic mass is 127. The molecule has 1 amide bonds. The quantitative estimate of drug-likeness (QED) is 0.645. The summed E-state index contributed by atoms with van der Waals surface area (Å²) < 4.78 is 0.882. The number of hydrogen-bond donors (Lipinski definition) is 2. The van der Waals surface area contributed by atoms with Crippen LogP contribution >= 0.6 is 22.6 Å². The van der Waals surface area contributed by atoms with Crippen LogP contribution in [0, 0.1) is 0 Å². The number of alkyl halides is 1. The molecule has 0 fully saturated rings. The van der Waals surface area contributed by atoms with E-state index in [0.29, 0.717) is 5.69 Å². The Bertz CT molecular complexity index is 288. The van der Waals surface area contributed by atoms with Crippen LogP contribution in [0.2, 0.25) is 0 Å². The van der Waals surface area contributed by atoms with Crippen LogP contribution in [-0.4, -0.2) is 11.2 Å². The summed E-state index contributed by atoms with van der Waals surface area (Å²) in [5.74, 6) is 0. The van der Waals surface area contributed by atoms with Gasteiger partial charge in [-0.3, -0.25) is 5.32 Å². The van der Waals surface area contributed by atoms with Crippen molar-refractivity contribution >= 4 is 34.4 Å². The molecule has 0 aliphatic carbocycles. The van der Waals surface area contributed by atoms with Crippen LogP contribution in [0.15, 0.2) is 24.3 Å². The second kappa shape index (κ2) is 4.30. The van der Waals surface area contributed by atoms with Gasteiger partial charge in [0, 0.05) is 10.1 Å². The maximum absolute atomic E-state index is 10.3. The van der Waals surface area contributed by atoms with E-state index in [1.165, 1.54) is 0 Å². The zero-order chi connectivity index (χ0) is 8.97. The first kappa shape index (κ1) is 9.31. The van der Waals surface area contributed by atoms with Crippen LogP contribution in [0.25, 0.3) is 0 Å². The molecule has 0 atom stereocenters. The molecule has 12 heavy (non-hydrogen) atoms. The van der Waals surface area contributed by atoms with Crippen LogP contribution in [0.5, 0.6) is 0 Å². The smallest absolute Gasteiger partial charge is 0.409 e. The lowest BCUT2D eigenvalue weighted by Crippen LogP contribution is -2.06. The van der Waals surface area contributed by atoms with Gasteiger partial charge in [-0.2, -0.15) is 0 Å². The minimum atomic E-state index is -1.03.